The number of rotatable bonds is 5. The number of hydrogen-bond donors (Lipinski definition) is 1. The van der Waals surface area contributed by atoms with Gasteiger partial charge in [0.25, 0.3) is 0 Å². The van der Waals surface area contributed by atoms with Gasteiger partial charge in [-0.1, -0.05) is 36.7 Å². The lowest BCUT2D eigenvalue weighted by molar-refractivity contribution is 0.609. The molecule has 2 nitrogen and oxygen atoms in total. The second-order valence-electron chi connectivity index (χ2n) is 4.95. The van der Waals surface area contributed by atoms with E-state index >= 15 is 0 Å². The van der Waals surface area contributed by atoms with E-state index in [0.717, 1.165) is 22.8 Å². The monoisotopic (exact) mass is 316 g/mol. The van der Waals surface area contributed by atoms with Crippen LogP contribution in [-0.2, 0) is 0 Å². The van der Waals surface area contributed by atoms with Crippen molar-refractivity contribution >= 4 is 33.8 Å². The van der Waals surface area contributed by atoms with E-state index in [1.165, 1.54) is 15.8 Å². The topological polar surface area (TPSA) is 24.9 Å². The lowest BCUT2D eigenvalue weighted by Gasteiger charge is -2.19. The third-order valence-electron chi connectivity index (χ3n) is 3.47. The molecule has 4 heteroatoms. The van der Waals surface area contributed by atoms with Gasteiger partial charge in [-0.3, -0.25) is 4.98 Å². The zero-order valence-electron chi connectivity index (χ0n) is 11.8. The van der Waals surface area contributed by atoms with Crippen LogP contribution in [0.15, 0.2) is 48.7 Å². The van der Waals surface area contributed by atoms with Gasteiger partial charge in [-0.25, -0.2) is 0 Å². The molecule has 108 valence electrons. The minimum Gasteiger partial charge on any atom is -0.306 e. The quantitative estimate of drug-likeness (QED) is 0.713. The Bertz CT molecular complexity index is 733. The van der Waals surface area contributed by atoms with Crippen molar-refractivity contribution in [3.63, 3.8) is 0 Å². The molecule has 0 radical (unpaired) electrons. The molecule has 1 atom stereocenters. The van der Waals surface area contributed by atoms with Crippen LogP contribution >= 0.6 is 22.9 Å². The maximum Gasteiger partial charge on any atom is 0.0931 e. The van der Waals surface area contributed by atoms with Crippen LogP contribution < -0.4 is 5.32 Å². The molecule has 0 aliphatic heterocycles. The van der Waals surface area contributed by atoms with Crippen LogP contribution in [0.5, 0.6) is 0 Å². The van der Waals surface area contributed by atoms with E-state index in [1.807, 2.05) is 18.3 Å². The van der Waals surface area contributed by atoms with Gasteiger partial charge < -0.3 is 5.32 Å². The van der Waals surface area contributed by atoms with E-state index in [4.69, 9.17) is 11.6 Å². The Labute approximate surface area is 133 Å². The summed E-state index contributed by atoms with van der Waals surface area (Å²) in [6, 6.07) is 14.6. The van der Waals surface area contributed by atoms with E-state index in [-0.39, 0.29) is 6.04 Å². The van der Waals surface area contributed by atoms with Crippen molar-refractivity contribution in [2.45, 2.75) is 19.4 Å². The summed E-state index contributed by atoms with van der Waals surface area (Å²) in [5.74, 6) is 0. The molecule has 0 fully saturated rings. The molecule has 1 aromatic carbocycles. The number of hydrogen-bond acceptors (Lipinski definition) is 3. The van der Waals surface area contributed by atoms with E-state index in [9.17, 15) is 0 Å². The summed E-state index contributed by atoms with van der Waals surface area (Å²) >= 11 is 7.75. The standard InChI is InChI=1S/C17H17ClN2S/c1-2-10-20-17(15-8-9-16(18)21-15)13-5-3-7-14-12(13)6-4-11-19-14/h3-9,11,17,20H,2,10H2,1H3. The van der Waals surface area contributed by atoms with Crippen LogP contribution in [-0.4, -0.2) is 11.5 Å². The second kappa shape index (κ2) is 6.56. The molecule has 0 aliphatic carbocycles. The van der Waals surface area contributed by atoms with Crippen molar-refractivity contribution in [1.82, 2.24) is 10.3 Å². The van der Waals surface area contributed by atoms with Crippen molar-refractivity contribution in [1.29, 1.82) is 0 Å². The zero-order chi connectivity index (χ0) is 14.7. The predicted molar refractivity (Wildman–Crippen MR) is 91.2 cm³/mol. The molecule has 0 spiro atoms. The lowest BCUT2D eigenvalue weighted by atomic mass is 10.00. The van der Waals surface area contributed by atoms with Crippen molar-refractivity contribution in [3.05, 3.63) is 63.4 Å². The van der Waals surface area contributed by atoms with Crippen LogP contribution in [0, 0.1) is 0 Å². The summed E-state index contributed by atoms with van der Waals surface area (Å²) in [5, 5.41) is 4.82. The Morgan fingerprint density at radius 1 is 1.19 bits per heavy atom. The summed E-state index contributed by atoms with van der Waals surface area (Å²) in [6.07, 6.45) is 2.93. The van der Waals surface area contributed by atoms with Crippen molar-refractivity contribution in [2.24, 2.45) is 0 Å². The Balaban J connectivity index is 2.09. The summed E-state index contributed by atoms with van der Waals surface area (Å²) in [7, 11) is 0. The molecule has 3 aromatic rings. The molecule has 1 unspecified atom stereocenters. The van der Waals surface area contributed by atoms with Gasteiger partial charge in [-0.05, 0) is 42.8 Å². The minimum atomic E-state index is 0.162. The maximum absolute atomic E-state index is 6.12. The normalized spacial score (nSPS) is 12.7. The fourth-order valence-corrected chi connectivity index (χ4v) is 3.67. The smallest absolute Gasteiger partial charge is 0.0931 e. The number of aromatic nitrogens is 1. The molecule has 0 saturated carbocycles. The first-order chi connectivity index (χ1) is 10.3. The van der Waals surface area contributed by atoms with Gasteiger partial charge in [0.2, 0.25) is 0 Å². The summed E-state index contributed by atoms with van der Waals surface area (Å²) in [5.41, 5.74) is 2.29. The van der Waals surface area contributed by atoms with E-state index in [1.54, 1.807) is 11.3 Å². The summed E-state index contributed by atoms with van der Waals surface area (Å²) in [6.45, 7) is 3.15. The SMILES string of the molecule is CCCNC(c1ccc(Cl)s1)c1cccc2ncccc12. The number of nitrogens with zero attached hydrogens (tertiary/aromatic N) is 1. The zero-order valence-corrected chi connectivity index (χ0v) is 13.4. The van der Waals surface area contributed by atoms with Crippen LogP contribution in [0.25, 0.3) is 10.9 Å². The summed E-state index contributed by atoms with van der Waals surface area (Å²) < 4.78 is 0.826. The van der Waals surface area contributed by atoms with Gasteiger partial charge in [0.1, 0.15) is 0 Å². The molecule has 0 amide bonds. The Morgan fingerprint density at radius 3 is 2.86 bits per heavy atom. The molecular weight excluding hydrogens is 300 g/mol. The van der Waals surface area contributed by atoms with Crippen molar-refractivity contribution < 1.29 is 0 Å². The number of nitrogens with one attached hydrogen (secondary N) is 1. The van der Waals surface area contributed by atoms with E-state index in [2.05, 4.69) is 47.6 Å². The first kappa shape index (κ1) is 14.5. The van der Waals surface area contributed by atoms with Crippen LogP contribution in [0.1, 0.15) is 29.8 Å². The van der Waals surface area contributed by atoms with Gasteiger partial charge in [-0.2, -0.15) is 0 Å². The third-order valence-corrected chi connectivity index (χ3v) is 4.76. The molecule has 2 aromatic heterocycles. The van der Waals surface area contributed by atoms with E-state index < -0.39 is 0 Å². The number of pyridine rings is 1. The Morgan fingerprint density at radius 2 is 2.10 bits per heavy atom. The van der Waals surface area contributed by atoms with Crippen LogP contribution in [0.2, 0.25) is 4.34 Å². The fourth-order valence-electron chi connectivity index (χ4n) is 2.51. The first-order valence-corrected chi connectivity index (χ1v) is 8.31. The van der Waals surface area contributed by atoms with Gasteiger partial charge in [0.15, 0.2) is 0 Å². The maximum atomic E-state index is 6.12. The van der Waals surface area contributed by atoms with Gasteiger partial charge in [-0.15, -0.1) is 11.3 Å². The lowest BCUT2D eigenvalue weighted by Crippen LogP contribution is -2.22. The number of halogens is 1. The average Bonchev–Trinajstić information content (AvgIpc) is 2.94. The van der Waals surface area contributed by atoms with Gasteiger partial charge in [0, 0.05) is 16.5 Å². The molecule has 0 bridgehead atoms. The Hall–Kier alpha value is -1.42. The predicted octanol–water partition coefficient (Wildman–Crippen LogP) is 5.04. The fraction of sp³-hybridized carbons (Fsp3) is 0.235. The number of benzene rings is 1. The highest BCUT2D eigenvalue weighted by Gasteiger charge is 2.17. The largest absolute Gasteiger partial charge is 0.306 e. The summed E-state index contributed by atoms with van der Waals surface area (Å²) in [4.78, 5) is 5.69. The highest BCUT2D eigenvalue weighted by atomic mass is 35.5. The van der Waals surface area contributed by atoms with Crippen LogP contribution in [0.4, 0.5) is 0 Å². The molecule has 0 aliphatic rings. The van der Waals surface area contributed by atoms with Crippen molar-refractivity contribution in [3.8, 4) is 0 Å². The van der Waals surface area contributed by atoms with Gasteiger partial charge >= 0.3 is 0 Å². The van der Waals surface area contributed by atoms with Gasteiger partial charge in [0.05, 0.1) is 15.9 Å². The van der Waals surface area contributed by atoms with Crippen molar-refractivity contribution in [2.75, 3.05) is 6.54 Å². The molecule has 21 heavy (non-hydrogen) atoms. The molecular formula is C17H17ClN2S. The molecule has 3 rings (SSSR count). The molecule has 0 saturated heterocycles. The highest BCUT2D eigenvalue weighted by Crippen LogP contribution is 2.33. The first-order valence-electron chi connectivity index (χ1n) is 7.12. The third kappa shape index (κ3) is 3.10. The van der Waals surface area contributed by atoms with E-state index in [0.29, 0.717) is 0 Å². The average molecular weight is 317 g/mol. The Kier molecular flexibility index (Phi) is 4.54. The molecule has 2 heterocycles. The van der Waals surface area contributed by atoms with Crippen LogP contribution in [0.3, 0.4) is 0 Å². The number of fused-ring (bicyclic) bond motifs is 1. The number of thiophene rings is 1. The molecule has 1 N–H and O–H groups in total. The second-order valence-corrected chi connectivity index (χ2v) is 6.69. The highest BCUT2D eigenvalue weighted by molar-refractivity contribution is 7.16. The minimum absolute atomic E-state index is 0.162.